The SMILES string of the molecule is CC1CC(C)CN(c2cccnc2C#N)C1. The zero-order valence-electron chi connectivity index (χ0n) is 9.85. The molecule has 0 bridgehead atoms. The first-order chi connectivity index (χ1) is 7.70. The van der Waals surface area contributed by atoms with E-state index in [2.05, 4.69) is 29.8 Å². The fourth-order valence-electron chi connectivity index (χ4n) is 2.60. The van der Waals surface area contributed by atoms with Gasteiger partial charge in [0, 0.05) is 19.3 Å². The number of hydrogen-bond donors (Lipinski definition) is 0. The highest BCUT2D eigenvalue weighted by molar-refractivity contribution is 5.55. The first-order valence-corrected chi connectivity index (χ1v) is 5.80. The minimum absolute atomic E-state index is 0.545. The highest BCUT2D eigenvalue weighted by atomic mass is 15.1. The van der Waals surface area contributed by atoms with Gasteiger partial charge in [0.05, 0.1) is 5.69 Å². The normalized spacial score (nSPS) is 25.2. The molecule has 2 atom stereocenters. The number of pyridine rings is 1. The van der Waals surface area contributed by atoms with Gasteiger partial charge in [0.25, 0.3) is 0 Å². The molecule has 1 fully saturated rings. The summed E-state index contributed by atoms with van der Waals surface area (Å²) < 4.78 is 0. The number of piperidine rings is 1. The lowest BCUT2D eigenvalue weighted by molar-refractivity contribution is 0.356. The summed E-state index contributed by atoms with van der Waals surface area (Å²) in [5.74, 6) is 1.38. The van der Waals surface area contributed by atoms with Gasteiger partial charge in [0.1, 0.15) is 6.07 Å². The first kappa shape index (κ1) is 10.9. The second-order valence-electron chi connectivity index (χ2n) is 4.83. The lowest BCUT2D eigenvalue weighted by atomic mass is 9.91. The van der Waals surface area contributed by atoms with Crippen LogP contribution in [0.2, 0.25) is 0 Å². The van der Waals surface area contributed by atoms with E-state index in [4.69, 9.17) is 5.26 Å². The average Bonchev–Trinajstić information content (AvgIpc) is 2.27. The van der Waals surface area contributed by atoms with Crippen LogP contribution >= 0.6 is 0 Å². The molecule has 16 heavy (non-hydrogen) atoms. The van der Waals surface area contributed by atoms with Crippen LogP contribution in [0.4, 0.5) is 5.69 Å². The summed E-state index contributed by atoms with van der Waals surface area (Å²) in [5.41, 5.74) is 1.53. The average molecular weight is 215 g/mol. The van der Waals surface area contributed by atoms with Gasteiger partial charge < -0.3 is 4.90 Å². The number of rotatable bonds is 1. The summed E-state index contributed by atoms with van der Waals surface area (Å²) in [6, 6.07) is 6.07. The topological polar surface area (TPSA) is 39.9 Å². The second-order valence-corrected chi connectivity index (χ2v) is 4.83. The van der Waals surface area contributed by atoms with Gasteiger partial charge in [-0.05, 0) is 30.4 Å². The third-order valence-electron chi connectivity index (χ3n) is 3.10. The van der Waals surface area contributed by atoms with Crippen LogP contribution in [-0.4, -0.2) is 18.1 Å². The van der Waals surface area contributed by atoms with Gasteiger partial charge in [-0.2, -0.15) is 5.26 Å². The fraction of sp³-hybridized carbons (Fsp3) is 0.538. The van der Waals surface area contributed by atoms with Gasteiger partial charge in [0.15, 0.2) is 5.69 Å². The summed E-state index contributed by atoms with van der Waals surface area (Å²) in [5, 5.41) is 9.04. The predicted octanol–water partition coefficient (Wildman–Crippen LogP) is 2.44. The van der Waals surface area contributed by atoms with Crippen LogP contribution in [0, 0.1) is 23.2 Å². The van der Waals surface area contributed by atoms with Gasteiger partial charge in [-0.3, -0.25) is 0 Å². The molecule has 84 valence electrons. The van der Waals surface area contributed by atoms with Crippen molar-refractivity contribution in [2.24, 2.45) is 11.8 Å². The zero-order chi connectivity index (χ0) is 11.5. The second kappa shape index (κ2) is 4.52. The van der Waals surface area contributed by atoms with Crippen molar-refractivity contribution >= 4 is 5.69 Å². The molecule has 0 N–H and O–H groups in total. The Bertz CT molecular complexity index is 398. The van der Waals surface area contributed by atoms with E-state index in [1.165, 1.54) is 6.42 Å². The number of nitrogens with zero attached hydrogens (tertiary/aromatic N) is 3. The Kier molecular flexibility index (Phi) is 3.09. The molecule has 3 nitrogen and oxygen atoms in total. The molecule has 0 amide bonds. The van der Waals surface area contributed by atoms with Crippen molar-refractivity contribution < 1.29 is 0 Å². The van der Waals surface area contributed by atoms with Gasteiger partial charge in [-0.25, -0.2) is 4.98 Å². The molecule has 1 aromatic rings. The van der Waals surface area contributed by atoms with Crippen molar-refractivity contribution in [3.05, 3.63) is 24.0 Å². The van der Waals surface area contributed by atoms with Crippen molar-refractivity contribution in [2.75, 3.05) is 18.0 Å². The number of aromatic nitrogens is 1. The van der Waals surface area contributed by atoms with Crippen LogP contribution in [0.5, 0.6) is 0 Å². The lowest BCUT2D eigenvalue weighted by Crippen LogP contribution is -2.39. The molecular weight excluding hydrogens is 198 g/mol. The molecule has 0 aliphatic carbocycles. The highest BCUT2D eigenvalue weighted by Gasteiger charge is 2.23. The standard InChI is InChI=1S/C13H17N3/c1-10-6-11(2)9-16(8-10)13-4-3-5-15-12(13)7-14/h3-5,10-11H,6,8-9H2,1-2H3. The lowest BCUT2D eigenvalue weighted by Gasteiger charge is -2.36. The summed E-state index contributed by atoms with van der Waals surface area (Å²) in [4.78, 5) is 6.42. The Morgan fingerprint density at radius 1 is 1.38 bits per heavy atom. The van der Waals surface area contributed by atoms with E-state index >= 15 is 0 Å². The van der Waals surface area contributed by atoms with E-state index in [1.807, 2.05) is 12.1 Å². The number of hydrogen-bond acceptors (Lipinski definition) is 3. The highest BCUT2D eigenvalue weighted by Crippen LogP contribution is 2.27. The van der Waals surface area contributed by atoms with Crippen molar-refractivity contribution in [3.63, 3.8) is 0 Å². The molecule has 2 rings (SSSR count). The Balaban J connectivity index is 2.26. The van der Waals surface area contributed by atoms with Crippen molar-refractivity contribution in [2.45, 2.75) is 20.3 Å². The van der Waals surface area contributed by atoms with Crippen LogP contribution in [0.1, 0.15) is 26.0 Å². The van der Waals surface area contributed by atoms with E-state index < -0.39 is 0 Å². The van der Waals surface area contributed by atoms with E-state index in [-0.39, 0.29) is 0 Å². The number of nitriles is 1. The van der Waals surface area contributed by atoms with Gasteiger partial charge in [0.2, 0.25) is 0 Å². The third kappa shape index (κ3) is 2.16. The number of anilines is 1. The molecule has 1 aliphatic rings. The molecule has 0 saturated carbocycles. The fourth-order valence-corrected chi connectivity index (χ4v) is 2.60. The maximum atomic E-state index is 9.04. The van der Waals surface area contributed by atoms with E-state index in [0.29, 0.717) is 17.5 Å². The Hall–Kier alpha value is -1.56. The molecule has 0 aromatic carbocycles. The summed E-state index contributed by atoms with van der Waals surface area (Å²) in [7, 11) is 0. The van der Waals surface area contributed by atoms with Gasteiger partial charge in [-0.1, -0.05) is 13.8 Å². The molecule has 1 saturated heterocycles. The molecule has 2 unspecified atom stereocenters. The largest absolute Gasteiger partial charge is 0.369 e. The maximum absolute atomic E-state index is 9.04. The Morgan fingerprint density at radius 3 is 2.69 bits per heavy atom. The zero-order valence-corrected chi connectivity index (χ0v) is 9.85. The summed E-state index contributed by atoms with van der Waals surface area (Å²) >= 11 is 0. The van der Waals surface area contributed by atoms with Gasteiger partial charge >= 0.3 is 0 Å². The minimum atomic E-state index is 0.545. The molecule has 0 radical (unpaired) electrons. The Labute approximate surface area is 96.7 Å². The molecule has 3 heteroatoms. The molecule has 0 spiro atoms. The molecule has 1 aromatic heterocycles. The van der Waals surface area contributed by atoms with E-state index in [9.17, 15) is 0 Å². The Morgan fingerprint density at radius 2 is 2.06 bits per heavy atom. The van der Waals surface area contributed by atoms with Crippen LogP contribution in [-0.2, 0) is 0 Å². The minimum Gasteiger partial charge on any atom is -0.369 e. The molecule has 2 heterocycles. The maximum Gasteiger partial charge on any atom is 0.163 e. The first-order valence-electron chi connectivity index (χ1n) is 5.80. The summed E-state index contributed by atoms with van der Waals surface area (Å²) in [6.45, 7) is 6.60. The molecular formula is C13H17N3. The van der Waals surface area contributed by atoms with E-state index in [0.717, 1.165) is 18.8 Å². The smallest absolute Gasteiger partial charge is 0.163 e. The van der Waals surface area contributed by atoms with E-state index in [1.54, 1.807) is 6.20 Å². The van der Waals surface area contributed by atoms with Crippen LogP contribution in [0.15, 0.2) is 18.3 Å². The van der Waals surface area contributed by atoms with Crippen LogP contribution < -0.4 is 4.90 Å². The summed E-state index contributed by atoms with van der Waals surface area (Å²) in [6.07, 6.45) is 2.96. The van der Waals surface area contributed by atoms with Crippen molar-refractivity contribution in [3.8, 4) is 6.07 Å². The monoisotopic (exact) mass is 215 g/mol. The third-order valence-corrected chi connectivity index (χ3v) is 3.10. The van der Waals surface area contributed by atoms with Crippen molar-refractivity contribution in [1.29, 1.82) is 5.26 Å². The van der Waals surface area contributed by atoms with Crippen LogP contribution in [0.3, 0.4) is 0 Å². The van der Waals surface area contributed by atoms with Gasteiger partial charge in [-0.15, -0.1) is 0 Å². The van der Waals surface area contributed by atoms with Crippen molar-refractivity contribution in [1.82, 2.24) is 4.98 Å². The predicted molar refractivity (Wildman–Crippen MR) is 64.1 cm³/mol. The van der Waals surface area contributed by atoms with Crippen LogP contribution in [0.25, 0.3) is 0 Å². The molecule has 1 aliphatic heterocycles. The quantitative estimate of drug-likeness (QED) is 0.722.